The van der Waals surface area contributed by atoms with Crippen LogP contribution in [0.1, 0.15) is 0 Å². The van der Waals surface area contributed by atoms with E-state index in [1.165, 1.54) is 11.3 Å². The molecule has 2 heterocycles. The molecule has 13 heavy (non-hydrogen) atoms. The van der Waals surface area contributed by atoms with Crippen LogP contribution in [0.4, 0.5) is 5.13 Å². The van der Waals surface area contributed by atoms with Crippen LogP contribution in [-0.2, 0) is 0 Å². The lowest BCUT2D eigenvalue weighted by atomic mass is 10.3. The standard InChI is InChI=1S/C7H5IN4S/c8-5-4(2-1-3-10-5)6-11-12-7(9)13-6/h1-3H,(H2,9,12). The van der Waals surface area contributed by atoms with Gasteiger partial charge in [0, 0.05) is 11.8 Å². The maximum absolute atomic E-state index is 5.49. The van der Waals surface area contributed by atoms with Crippen LogP contribution in [0, 0.1) is 3.70 Å². The van der Waals surface area contributed by atoms with E-state index >= 15 is 0 Å². The largest absolute Gasteiger partial charge is 0.374 e. The van der Waals surface area contributed by atoms with E-state index in [-0.39, 0.29) is 0 Å². The molecule has 66 valence electrons. The van der Waals surface area contributed by atoms with Crippen molar-refractivity contribution in [2.24, 2.45) is 0 Å². The van der Waals surface area contributed by atoms with E-state index in [1.807, 2.05) is 12.1 Å². The lowest BCUT2D eigenvalue weighted by Crippen LogP contribution is -1.85. The molecule has 2 N–H and O–H groups in total. The Morgan fingerprint density at radius 2 is 2.23 bits per heavy atom. The van der Waals surface area contributed by atoms with Gasteiger partial charge in [0.1, 0.15) is 3.70 Å². The molecule has 2 rings (SSSR count). The number of halogens is 1. The molecule has 6 heteroatoms. The summed E-state index contributed by atoms with van der Waals surface area (Å²) in [7, 11) is 0. The highest BCUT2D eigenvalue weighted by atomic mass is 127. The summed E-state index contributed by atoms with van der Waals surface area (Å²) in [6.07, 6.45) is 1.75. The number of hydrogen-bond donors (Lipinski definition) is 1. The number of nitrogens with zero attached hydrogens (tertiary/aromatic N) is 3. The molecule has 4 nitrogen and oxygen atoms in total. The van der Waals surface area contributed by atoms with Crippen molar-refractivity contribution in [3.63, 3.8) is 0 Å². The molecule has 0 aromatic carbocycles. The Morgan fingerprint density at radius 1 is 1.38 bits per heavy atom. The van der Waals surface area contributed by atoms with Gasteiger partial charge in [0.15, 0.2) is 5.01 Å². The van der Waals surface area contributed by atoms with E-state index in [9.17, 15) is 0 Å². The Morgan fingerprint density at radius 3 is 2.85 bits per heavy atom. The van der Waals surface area contributed by atoms with Crippen molar-refractivity contribution >= 4 is 39.1 Å². The number of nitrogens with two attached hydrogens (primary N) is 1. The second kappa shape index (κ2) is 3.54. The predicted octanol–water partition coefficient (Wildman–Crippen LogP) is 1.79. The molecule has 0 aliphatic rings. The summed E-state index contributed by atoms with van der Waals surface area (Å²) in [6.45, 7) is 0. The van der Waals surface area contributed by atoms with Gasteiger partial charge in [0.05, 0.1) is 0 Å². The molecule has 0 aliphatic heterocycles. The third kappa shape index (κ3) is 1.78. The van der Waals surface area contributed by atoms with Gasteiger partial charge >= 0.3 is 0 Å². The maximum atomic E-state index is 5.49. The summed E-state index contributed by atoms with van der Waals surface area (Å²) in [5, 5.41) is 8.99. The quantitative estimate of drug-likeness (QED) is 0.644. The van der Waals surface area contributed by atoms with Gasteiger partial charge in [-0.15, -0.1) is 10.2 Å². The second-order valence-corrected chi connectivity index (χ2v) is 4.32. The number of anilines is 1. The summed E-state index contributed by atoms with van der Waals surface area (Å²) in [4.78, 5) is 4.15. The van der Waals surface area contributed by atoms with Crippen molar-refractivity contribution in [1.29, 1.82) is 0 Å². The summed E-state index contributed by atoms with van der Waals surface area (Å²) in [5.41, 5.74) is 6.47. The van der Waals surface area contributed by atoms with Crippen LogP contribution < -0.4 is 5.73 Å². The average Bonchev–Trinajstić information content (AvgIpc) is 2.53. The summed E-state index contributed by atoms with van der Waals surface area (Å²) in [5.74, 6) is 0. The van der Waals surface area contributed by atoms with Gasteiger partial charge in [0.25, 0.3) is 0 Å². The molecule has 0 spiro atoms. The SMILES string of the molecule is Nc1nnc(-c2cccnc2I)s1. The van der Waals surface area contributed by atoms with Gasteiger partial charge < -0.3 is 5.73 Å². The monoisotopic (exact) mass is 304 g/mol. The maximum Gasteiger partial charge on any atom is 0.203 e. The fourth-order valence-corrected chi connectivity index (χ4v) is 2.30. The van der Waals surface area contributed by atoms with Crippen LogP contribution in [0.25, 0.3) is 10.6 Å². The molecule has 0 amide bonds. The lowest BCUT2D eigenvalue weighted by Gasteiger charge is -1.95. The molecule has 0 radical (unpaired) electrons. The van der Waals surface area contributed by atoms with Crippen LogP contribution in [0.15, 0.2) is 18.3 Å². The van der Waals surface area contributed by atoms with Gasteiger partial charge in [-0.05, 0) is 34.7 Å². The van der Waals surface area contributed by atoms with Crippen molar-refractivity contribution in [2.45, 2.75) is 0 Å². The highest BCUT2D eigenvalue weighted by molar-refractivity contribution is 14.1. The van der Waals surface area contributed by atoms with E-state index in [4.69, 9.17) is 5.73 Å². The number of nitrogen functional groups attached to an aromatic ring is 1. The van der Waals surface area contributed by atoms with Crippen LogP contribution in [0.2, 0.25) is 0 Å². The highest BCUT2D eigenvalue weighted by Crippen LogP contribution is 2.27. The van der Waals surface area contributed by atoms with E-state index in [1.54, 1.807) is 6.20 Å². The Kier molecular flexibility index (Phi) is 2.40. The van der Waals surface area contributed by atoms with Gasteiger partial charge in [-0.1, -0.05) is 11.3 Å². The molecule has 2 aromatic rings. The first-order chi connectivity index (χ1) is 6.27. The second-order valence-electron chi connectivity index (χ2n) is 2.29. The van der Waals surface area contributed by atoms with E-state index in [0.717, 1.165) is 14.3 Å². The molecule has 0 atom stereocenters. The molecule has 0 aliphatic carbocycles. The number of rotatable bonds is 1. The molecule has 0 saturated heterocycles. The average molecular weight is 304 g/mol. The van der Waals surface area contributed by atoms with Gasteiger partial charge in [0.2, 0.25) is 5.13 Å². The summed E-state index contributed by atoms with van der Waals surface area (Å²) >= 11 is 3.53. The molecular formula is C7H5IN4S. The van der Waals surface area contributed by atoms with E-state index in [0.29, 0.717) is 5.13 Å². The van der Waals surface area contributed by atoms with Crippen molar-refractivity contribution in [1.82, 2.24) is 15.2 Å². The number of aromatic nitrogens is 3. The van der Waals surface area contributed by atoms with Gasteiger partial charge in [-0.2, -0.15) is 0 Å². The third-order valence-electron chi connectivity index (χ3n) is 1.43. The zero-order valence-electron chi connectivity index (χ0n) is 6.44. The number of hydrogen-bond acceptors (Lipinski definition) is 5. The van der Waals surface area contributed by atoms with Gasteiger partial charge in [-0.3, -0.25) is 0 Å². The van der Waals surface area contributed by atoms with E-state index in [2.05, 4.69) is 37.8 Å². The Labute approximate surface area is 92.4 Å². The molecule has 0 bridgehead atoms. The van der Waals surface area contributed by atoms with E-state index < -0.39 is 0 Å². The fraction of sp³-hybridized carbons (Fsp3) is 0. The highest BCUT2D eigenvalue weighted by Gasteiger charge is 2.07. The summed E-state index contributed by atoms with van der Waals surface area (Å²) in [6, 6.07) is 3.82. The first kappa shape index (κ1) is 8.82. The number of pyridine rings is 1. The van der Waals surface area contributed by atoms with Crippen LogP contribution >= 0.6 is 33.9 Å². The van der Waals surface area contributed by atoms with Crippen LogP contribution in [0.3, 0.4) is 0 Å². The van der Waals surface area contributed by atoms with Crippen molar-refractivity contribution in [2.75, 3.05) is 5.73 Å². The lowest BCUT2D eigenvalue weighted by molar-refractivity contribution is 1.10. The topological polar surface area (TPSA) is 64.7 Å². The zero-order chi connectivity index (χ0) is 9.26. The smallest absolute Gasteiger partial charge is 0.203 e. The minimum atomic E-state index is 0.481. The normalized spacial score (nSPS) is 10.2. The third-order valence-corrected chi connectivity index (χ3v) is 3.08. The molecule has 0 fully saturated rings. The molecule has 0 unspecified atom stereocenters. The zero-order valence-corrected chi connectivity index (χ0v) is 9.41. The minimum Gasteiger partial charge on any atom is -0.374 e. The first-order valence-corrected chi connectivity index (χ1v) is 5.37. The minimum absolute atomic E-state index is 0.481. The molecule has 0 saturated carbocycles. The Balaban J connectivity index is 2.52. The van der Waals surface area contributed by atoms with Crippen molar-refractivity contribution in [3.05, 3.63) is 22.0 Å². The van der Waals surface area contributed by atoms with Crippen molar-refractivity contribution in [3.8, 4) is 10.6 Å². The molecule has 2 aromatic heterocycles. The molecular weight excluding hydrogens is 299 g/mol. The van der Waals surface area contributed by atoms with Crippen molar-refractivity contribution < 1.29 is 0 Å². The Bertz CT molecular complexity index is 428. The van der Waals surface area contributed by atoms with Crippen LogP contribution in [-0.4, -0.2) is 15.2 Å². The van der Waals surface area contributed by atoms with Crippen LogP contribution in [0.5, 0.6) is 0 Å². The summed E-state index contributed by atoms with van der Waals surface area (Å²) < 4.78 is 0.913. The Hall–Kier alpha value is -0.760. The first-order valence-electron chi connectivity index (χ1n) is 3.47. The predicted molar refractivity (Wildman–Crippen MR) is 60.3 cm³/mol. The fourth-order valence-electron chi connectivity index (χ4n) is 0.889. The van der Waals surface area contributed by atoms with Gasteiger partial charge in [-0.25, -0.2) is 4.98 Å².